The van der Waals surface area contributed by atoms with Crippen LogP contribution in [0.2, 0.25) is 0 Å². The number of aromatic nitrogens is 2. The Labute approximate surface area is 165 Å². The van der Waals surface area contributed by atoms with Crippen LogP contribution in [0.3, 0.4) is 0 Å². The van der Waals surface area contributed by atoms with Crippen LogP contribution < -0.4 is 10.6 Å². The summed E-state index contributed by atoms with van der Waals surface area (Å²) in [5.41, 5.74) is 3.28. The predicted molar refractivity (Wildman–Crippen MR) is 108 cm³/mol. The van der Waals surface area contributed by atoms with Crippen molar-refractivity contribution in [2.45, 2.75) is 16.8 Å². The molecule has 1 heterocycles. The Hall–Kier alpha value is -2.71. The molecule has 0 radical (unpaired) electrons. The molecule has 3 rings (SSSR count). The molecule has 27 heavy (non-hydrogen) atoms. The molecule has 2 aromatic carbocycles. The summed E-state index contributed by atoms with van der Waals surface area (Å²) in [5.74, 6) is -0.294. The third-order valence-corrected chi connectivity index (χ3v) is 5.50. The van der Waals surface area contributed by atoms with Crippen LogP contribution in [-0.4, -0.2) is 33.8 Å². The molecule has 0 bridgehead atoms. The Morgan fingerprint density at radius 1 is 1.04 bits per heavy atom. The van der Waals surface area contributed by atoms with E-state index in [0.29, 0.717) is 12.1 Å². The number of para-hydroxylation sites is 1. The van der Waals surface area contributed by atoms with E-state index < -0.39 is 6.04 Å². The van der Waals surface area contributed by atoms with E-state index in [-0.39, 0.29) is 17.6 Å². The minimum absolute atomic E-state index is 0.180. The number of hydrogen-bond donors (Lipinski definition) is 2. The predicted octanol–water partition coefficient (Wildman–Crippen LogP) is 3.00. The third kappa shape index (κ3) is 6.19. The standard InChI is InChI=1S/C19H18N4O2S2/c24-17(12-26-19-23-20-13-27-19)22-16(11-14-7-3-1-4-8-14)18(25)21-15-9-5-2-6-10-15/h1-10,13,16H,11-12H2,(H,21,25)(H,22,24). The molecule has 0 aliphatic rings. The SMILES string of the molecule is O=C(CSc1nncs1)NC(Cc1ccccc1)C(=O)Nc1ccccc1. The summed E-state index contributed by atoms with van der Waals surface area (Å²) in [6.45, 7) is 0. The highest BCUT2D eigenvalue weighted by Crippen LogP contribution is 2.18. The first-order chi connectivity index (χ1) is 13.2. The van der Waals surface area contributed by atoms with E-state index in [9.17, 15) is 9.59 Å². The van der Waals surface area contributed by atoms with E-state index >= 15 is 0 Å². The Balaban J connectivity index is 1.64. The second-order valence-corrected chi connectivity index (χ2v) is 7.71. The van der Waals surface area contributed by atoms with Crippen LogP contribution in [0.25, 0.3) is 0 Å². The molecule has 3 aromatic rings. The molecule has 0 spiro atoms. The molecule has 0 fully saturated rings. The lowest BCUT2D eigenvalue weighted by atomic mass is 10.1. The van der Waals surface area contributed by atoms with Gasteiger partial charge in [0.15, 0.2) is 4.34 Å². The zero-order valence-electron chi connectivity index (χ0n) is 14.4. The fourth-order valence-corrected chi connectivity index (χ4v) is 3.70. The highest BCUT2D eigenvalue weighted by Gasteiger charge is 2.21. The Morgan fingerprint density at radius 2 is 1.74 bits per heavy atom. The van der Waals surface area contributed by atoms with Crippen molar-refractivity contribution in [3.63, 3.8) is 0 Å². The summed E-state index contributed by atoms with van der Waals surface area (Å²) < 4.78 is 0.721. The second-order valence-electron chi connectivity index (χ2n) is 5.66. The molecular formula is C19H18N4O2S2. The van der Waals surface area contributed by atoms with Gasteiger partial charge in [-0.25, -0.2) is 0 Å². The molecule has 0 saturated heterocycles. The molecule has 0 saturated carbocycles. The first kappa shape index (κ1) is 19.1. The van der Waals surface area contributed by atoms with Crippen molar-refractivity contribution in [3.8, 4) is 0 Å². The number of rotatable bonds is 8. The van der Waals surface area contributed by atoms with Crippen molar-refractivity contribution in [1.82, 2.24) is 15.5 Å². The van der Waals surface area contributed by atoms with Gasteiger partial charge in [-0.05, 0) is 17.7 Å². The lowest BCUT2D eigenvalue weighted by Crippen LogP contribution is -2.45. The smallest absolute Gasteiger partial charge is 0.247 e. The molecule has 6 nitrogen and oxygen atoms in total. The minimum Gasteiger partial charge on any atom is -0.343 e. The van der Waals surface area contributed by atoms with E-state index in [4.69, 9.17) is 0 Å². The van der Waals surface area contributed by atoms with Crippen LogP contribution in [0.5, 0.6) is 0 Å². The fraction of sp³-hybridized carbons (Fsp3) is 0.158. The summed E-state index contributed by atoms with van der Waals surface area (Å²) >= 11 is 2.68. The van der Waals surface area contributed by atoms with Gasteiger partial charge in [0.25, 0.3) is 0 Å². The molecule has 0 aliphatic carbocycles. The third-order valence-electron chi connectivity index (χ3n) is 3.64. The normalized spacial score (nSPS) is 11.6. The number of carbonyl (C=O) groups is 2. The average Bonchev–Trinajstić information content (AvgIpc) is 3.21. The van der Waals surface area contributed by atoms with Gasteiger partial charge in [-0.1, -0.05) is 71.6 Å². The zero-order chi connectivity index (χ0) is 18.9. The van der Waals surface area contributed by atoms with E-state index in [0.717, 1.165) is 9.90 Å². The molecular weight excluding hydrogens is 380 g/mol. The molecule has 8 heteroatoms. The van der Waals surface area contributed by atoms with E-state index in [2.05, 4.69) is 20.8 Å². The van der Waals surface area contributed by atoms with Gasteiger partial charge in [0.1, 0.15) is 11.6 Å². The van der Waals surface area contributed by atoms with Crippen molar-refractivity contribution in [2.75, 3.05) is 11.1 Å². The Morgan fingerprint density at radius 3 is 2.41 bits per heavy atom. The number of anilines is 1. The summed E-state index contributed by atoms with van der Waals surface area (Å²) in [7, 11) is 0. The monoisotopic (exact) mass is 398 g/mol. The van der Waals surface area contributed by atoms with Gasteiger partial charge in [0.2, 0.25) is 11.8 Å². The molecule has 1 atom stereocenters. The largest absolute Gasteiger partial charge is 0.343 e. The van der Waals surface area contributed by atoms with Crippen LogP contribution in [0.4, 0.5) is 5.69 Å². The maximum atomic E-state index is 12.7. The van der Waals surface area contributed by atoms with Crippen molar-refractivity contribution in [2.24, 2.45) is 0 Å². The maximum Gasteiger partial charge on any atom is 0.247 e. The van der Waals surface area contributed by atoms with Crippen molar-refractivity contribution in [1.29, 1.82) is 0 Å². The quantitative estimate of drug-likeness (QED) is 0.570. The summed E-state index contributed by atoms with van der Waals surface area (Å²) in [4.78, 5) is 25.1. The summed E-state index contributed by atoms with van der Waals surface area (Å²) in [6.07, 6.45) is 0.411. The number of nitrogens with zero attached hydrogens (tertiary/aromatic N) is 2. The van der Waals surface area contributed by atoms with Gasteiger partial charge in [-0.15, -0.1) is 10.2 Å². The lowest BCUT2D eigenvalue weighted by Gasteiger charge is -2.18. The van der Waals surface area contributed by atoms with E-state index in [1.807, 2.05) is 60.7 Å². The fourth-order valence-electron chi connectivity index (χ4n) is 2.40. The minimum atomic E-state index is -0.671. The molecule has 1 unspecified atom stereocenters. The van der Waals surface area contributed by atoms with Gasteiger partial charge in [-0.2, -0.15) is 0 Å². The van der Waals surface area contributed by atoms with Crippen LogP contribution in [-0.2, 0) is 16.0 Å². The Kier molecular flexibility index (Phi) is 6.95. The van der Waals surface area contributed by atoms with Gasteiger partial charge < -0.3 is 10.6 Å². The summed E-state index contributed by atoms with van der Waals surface area (Å²) in [5, 5.41) is 13.3. The van der Waals surface area contributed by atoms with Crippen LogP contribution in [0, 0.1) is 0 Å². The molecule has 2 N–H and O–H groups in total. The number of thioether (sulfide) groups is 1. The number of amides is 2. The first-order valence-electron chi connectivity index (χ1n) is 8.29. The summed E-state index contributed by atoms with van der Waals surface area (Å²) in [6, 6.07) is 18.1. The molecule has 0 aliphatic heterocycles. The van der Waals surface area contributed by atoms with Gasteiger partial charge in [0.05, 0.1) is 5.75 Å². The highest BCUT2D eigenvalue weighted by atomic mass is 32.2. The second kappa shape index (κ2) is 9.84. The van der Waals surface area contributed by atoms with Crippen LogP contribution >= 0.6 is 23.1 Å². The van der Waals surface area contributed by atoms with Crippen molar-refractivity contribution < 1.29 is 9.59 Å². The number of hydrogen-bond acceptors (Lipinski definition) is 6. The molecule has 2 amide bonds. The van der Waals surface area contributed by atoms with Gasteiger partial charge in [-0.3, -0.25) is 9.59 Å². The van der Waals surface area contributed by atoms with Crippen LogP contribution in [0.1, 0.15) is 5.56 Å². The Bertz CT molecular complexity index is 858. The maximum absolute atomic E-state index is 12.7. The van der Waals surface area contributed by atoms with E-state index in [1.54, 1.807) is 5.51 Å². The highest BCUT2D eigenvalue weighted by molar-refractivity contribution is 8.01. The number of benzene rings is 2. The van der Waals surface area contributed by atoms with E-state index in [1.165, 1.54) is 23.1 Å². The molecule has 138 valence electrons. The zero-order valence-corrected chi connectivity index (χ0v) is 16.0. The van der Waals surface area contributed by atoms with Gasteiger partial charge in [0, 0.05) is 12.1 Å². The lowest BCUT2D eigenvalue weighted by molar-refractivity contribution is -0.124. The van der Waals surface area contributed by atoms with Gasteiger partial charge >= 0.3 is 0 Å². The average molecular weight is 399 g/mol. The topological polar surface area (TPSA) is 84.0 Å². The number of carbonyl (C=O) groups excluding carboxylic acids is 2. The van der Waals surface area contributed by atoms with Crippen LogP contribution in [0.15, 0.2) is 70.5 Å². The van der Waals surface area contributed by atoms with Crippen molar-refractivity contribution >= 4 is 40.6 Å². The van der Waals surface area contributed by atoms with Crippen molar-refractivity contribution in [3.05, 3.63) is 71.7 Å². The molecule has 1 aromatic heterocycles. The number of nitrogens with one attached hydrogen (secondary N) is 2. The first-order valence-corrected chi connectivity index (χ1v) is 10.2.